The van der Waals surface area contributed by atoms with Crippen LogP contribution in [0.25, 0.3) is 10.8 Å². The summed E-state index contributed by atoms with van der Waals surface area (Å²) in [6.07, 6.45) is 2.75. The molecule has 0 radical (unpaired) electrons. The lowest BCUT2D eigenvalue weighted by molar-refractivity contribution is 0.240. The third-order valence-corrected chi connectivity index (χ3v) is 4.45. The Morgan fingerprint density at radius 3 is 2.57 bits per heavy atom. The molecule has 0 aromatic heterocycles. The molecule has 0 heterocycles. The number of hydrogen-bond donors (Lipinski definition) is 1. The number of fused-ring (bicyclic) bond motifs is 1. The Kier molecular flexibility index (Phi) is 4.13. The van der Waals surface area contributed by atoms with Crippen LogP contribution in [0.1, 0.15) is 24.4 Å². The zero-order chi connectivity index (χ0) is 14.8. The molecule has 3 nitrogen and oxygen atoms in total. The molecular weight excluding hydrogens is 260 g/mol. The zero-order valence-electron chi connectivity index (χ0n) is 12.9. The van der Waals surface area contributed by atoms with Crippen LogP contribution in [0, 0.1) is 5.92 Å². The number of benzene rings is 2. The van der Waals surface area contributed by atoms with E-state index < -0.39 is 0 Å². The topological polar surface area (TPSA) is 38.5 Å². The lowest BCUT2D eigenvalue weighted by atomic mass is 10.0. The van der Waals surface area contributed by atoms with Gasteiger partial charge in [0.2, 0.25) is 0 Å². The van der Waals surface area contributed by atoms with Crippen molar-refractivity contribution < 1.29 is 4.74 Å². The number of hydrogen-bond acceptors (Lipinski definition) is 3. The molecule has 2 N–H and O–H groups in total. The number of nitrogens with two attached hydrogens (primary N) is 1. The number of methoxy groups -OCH3 is 1. The monoisotopic (exact) mass is 284 g/mol. The normalized spacial score (nSPS) is 16.4. The van der Waals surface area contributed by atoms with E-state index in [4.69, 9.17) is 10.5 Å². The van der Waals surface area contributed by atoms with Crippen molar-refractivity contribution >= 4 is 10.8 Å². The Hall–Kier alpha value is -1.58. The van der Waals surface area contributed by atoms with E-state index in [0.29, 0.717) is 12.6 Å². The van der Waals surface area contributed by atoms with Crippen LogP contribution in [0.2, 0.25) is 0 Å². The van der Waals surface area contributed by atoms with Crippen molar-refractivity contribution in [1.82, 2.24) is 4.90 Å². The minimum absolute atomic E-state index is 0.303. The van der Waals surface area contributed by atoms with Gasteiger partial charge in [0.15, 0.2) is 0 Å². The molecule has 0 spiro atoms. The summed E-state index contributed by atoms with van der Waals surface area (Å²) < 4.78 is 5.28. The van der Waals surface area contributed by atoms with E-state index in [1.54, 1.807) is 7.11 Å². The van der Waals surface area contributed by atoms with Crippen LogP contribution in [-0.4, -0.2) is 32.1 Å². The molecule has 3 rings (SSSR count). The maximum Gasteiger partial charge on any atom is 0.119 e. The van der Waals surface area contributed by atoms with Crippen LogP contribution in [0.3, 0.4) is 0 Å². The zero-order valence-corrected chi connectivity index (χ0v) is 12.9. The predicted octanol–water partition coefficient (Wildman–Crippen LogP) is 3.19. The third-order valence-electron chi connectivity index (χ3n) is 4.45. The van der Waals surface area contributed by atoms with Crippen LogP contribution < -0.4 is 10.5 Å². The minimum Gasteiger partial charge on any atom is -0.497 e. The van der Waals surface area contributed by atoms with Crippen molar-refractivity contribution in [2.75, 3.05) is 27.2 Å². The summed E-state index contributed by atoms with van der Waals surface area (Å²) in [6, 6.07) is 13.1. The van der Waals surface area contributed by atoms with Gasteiger partial charge >= 0.3 is 0 Å². The van der Waals surface area contributed by atoms with Crippen molar-refractivity contribution in [2.24, 2.45) is 11.7 Å². The highest BCUT2D eigenvalue weighted by atomic mass is 16.5. The van der Waals surface area contributed by atoms with E-state index in [9.17, 15) is 0 Å². The van der Waals surface area contributed by atoms with Gasteiger partial charge < -0.3 is 10.5 Å². The molecule has 2 aromatic carbocycles. The molecule has 1 unspecified atom stereocenters. The van der Waals surface area contributed by atoms with Crippen molar-refractivity contribution in [3.05, 3.63) is 42.0 Å². The Bertz CT molecular complexity index is 622. The molecule has 1 atom stereocenters. The largest absolute Gasteiger partial charge is 0.497 e. The SMILES string of the molecule is COc1ccc2cc(C(CN)N(C)CC3CC3)ccc2c1. The fraction of sp³-hybridized carbons (Fsp3) is 0.444. The van der Waals surface area contributed by atoms with Gasteiger partial charge in [-0.15, -0.1) is 0 Å². The standard InChI is InChI=1S/C18H24N2O/c1-20(12-13-3-4-13)18(11-19)16-6-5-15-10-17(21-2)8-7-14(15)9-16/h5-10,13,18H,3-4,11-12,19H2,1-2H3. The van der Waals surface area contributed by atoms with Gasteiger partial charge in [-0.25, -0.2) is 0 Å². The lowest BCUT2D eigenvalue weighted by Crippen LogP contribution is -2.32. The summed E-state index contributed by atoms with van der Waals surface area (Å²) in [4.78, 5) is 2.41. The van der Waals surface area contributed by atoms with Crippen LogP contribution in [0.15, 0.2) is 36.4 Å². The van der Waals surface area contributed by atoms with Gasteiger partial charge in [0.05, 0.1) is 7.11 Å². The number of nitrogens with zero attached hydrogens (tertiary/aromatic N) is 1. The van der Waals surface area contributed by atoms with E-state index in [1.807, 2.05) is 6.07 Å². The summed E-state index contributed by atoms with van der Waals surface area (Å²) in [5.74, 6) is 1.78. The number of rotatable bonds is 6. The van der Waals surface area contributed by atoms with E-state index in [1.165, 1.54) is 29.2 Å². The highest BCUT2D eigenvalue weighted by molar-refractivity contribution is 5.84. The molecule has 21 heavy (non-hydrogen) atoms. The Balaban J connectivity index is 1.87. The first-order valence-corrected chi connectivity index (χ1v) is 7.69. The Labute approximate surface area is 126 Å². The average Bonchev–Trinajstić information content (AvgIpc) is 3.31. The van der Waals surface area contributed by atoms with E-state index >= 15 is 0 Å². The predicted molar refractivity (Wildman–Crippen MR) is 87.6 cm³/mol. The van der Waals surface area contributed by atoms with Crippen molar-refractivity contribution in [2.45, 2.75) is 18.9 Å². The molecule has 0 amide bonds. The quantitative estimate of drug-likeness (QED) is 0.885. The molecule has 0 bridgehead atoms. The fourth-order valence-electron chi connectivity index (χ4n) is 2.98. The summed E-state index contributed by atoms with van der Waals surface area (Å²) in [6.45, 7) is 1.81. The first-order chi connectivity index (χ1) is 10.2. The molecule has 112 valence electrons. The maximum atomic E-state index is 6.03. The Morgan fingerprint density at radius 1 is 1.19 bits per heavy atom. The molecule has 1 aliphatic carbocycles. The highest BCUT2D eigenvalue weighted by Gasteiger charge is 2.26. The molecule has 1 saturated carbocycles. The number of ether oxygens (including phenoxy) is 1. The summed E-state index contributed by atoms with van der Waals surface area (Å²) in [5.41, 5.74) is 7.33. The van der Waals surface area contributed by atoms with Gasteiger partial charge in [-0.2, -0.15) is 0 Å². The van der Waals surface area contributed by atoms with Gasteiger partial charge in [-0.1, -0.05) is 18.2 Å². The van der Waals surface area contributed by atoms with E-state index in [0.717, 1.165) is 18.2 Å². The van der Waals surface area contributed by atoms with Crippen LogP contribution in [0.4, 0.5) is 0 Å². The second kappa shape index (κ2) is 6.04. The van der Waals surface area contributed by atoms with Gasteiger partial charge in [0.1, 0.15) is 5.75 Å². The average molecular weight is 284 g/mol. The lowest BCUT2D eigenvalue weighted by Gasteiger charge is -2.27. The minimum atomic E-state index is 0.303. The fourth-order valence-corrected chi connectivity index (χ4v) is 2.98. The van der Waals surface area contributed by atoms with Crippen molar-refractivity contribution in [1.29, 1.82) is 0 Å². The summed E-state index contributed by atoms with van der Waals surface area (Å²) >= 11 is 0. The summed E-state index contributed by atoms with van der Waals surface area (Å²) in [5, 5.41) is 2.45. The van der Waals surface area contributed by atoms with Crippen molar-refractivity contribution in [3.63, 3.8) is 0 Å². The second-order valence-electron chi connectivity index (χ2n) is 6.11. The van der Waals surface area contributed by atoms with Gasteiger partial charge in [-0.3, -0.25) is 4.90 Å². The highest BCUT2D eigenvalue weighted by Crippen LogP contribution is 2.32. The molecular formula is C18H24N2O. The van der Waals surface area contributed by atoms with Crippen LogP contribution in [-0.2, 0) is 0 Å². The molecule has 2 aromatic rings. The Morgan fingerprint density at radius 2 is 1.90 bits per heavy atom. The molecule has 0 aliphatic heterocycles. The van der Waals surface area contributed by atoms with Gasteiger partial charge in [0, 0.05) is 19.1 Å². The van der Waals surface area contributed by atoms with Gasteiger partial charge in [-0.05, 0) is 60.3 Å². The van der Waals surface area contributed by atoms with E-state index in [-0.39, 0.29) is 0 Å². The van der Waals surface area contributed by atoms with Crippen molar-refractivity contribution in [3.8, 4) is 5.75 Å². The third kappa shape index (κ3) is 3.20. The first-order valence-electron chi connectivity index (χ1n) is 7.69. The van der Waals surface area contributed by atoms with Crippen LogP contribution >= 0.6 is 0 Å². The molecule has 3 heteroatoms. The maximum absolute atomic E-state index is 6.03. The second-order valence-corrected chi connectivity index (χ2v) is 6.11. The van der Waals surface area contributed by atoms with Gasteiger partial charge in [0.25, 0.3) is 0 Å². The molecule has 0 saturated heterocycles. The first kappa shape index (κ1) is 14.4. The van der Waals surface area contributed by atoms with E-state index in [2.05, 4.69) is 42.3 Å². The molecule has 1 aliphatic rings. The smallest absolute Gasteiger partial charge is 0.119 e. The van der Waals surface area contributed by atoms with Crippen LogP contribution in [0.5, 0.6) is 5.75 Å². The number of likely N-dealkylation sites (N-methyl/N-ethyl adjacent to an activating group) is 1. The summed E-state index contributed by atoms with van der Waals surface area (Å²) in [7, 11) is 3.89. The molecule has 1 fully saturated rings.